The molecule has 0 unspecified atom stereocenters. The van der Waals surface area contributed by atoms with Crippen LogP contribution in [0.25, 0.3) is 11.0 Å². The lowest BCUT2D eigenvalue weighted by atomic mass is 10.1. The van der Waals surface area contributed by atoms with Gasteiger partial charge in [-0.1, -0.05) is 11.6 Å². The minimum atomic E-state index is -0.388. The second-order valence-electron chi connectivity index (χ2n) is 3.52. The predicted molar refractivity (Wildman–Crippen MR) is 65.2 cm³/mol. The zero-order valence-electron chi connectivity index (χ0n) is 9.53. The summed E-state index contributed by atoms with van der Waals surface area (Å²) in [6.45, 7) is 3.90. The molecular formula is C12H11ClN2O2. The third-order valence-electron chi connectivity index (χ3n) is 2.43. The number of aryl methyl sites for hydroxylation is 1. The molecule has 0 amide bonds. The lowest BCUT2D eigenvalue weighted by molar-refractivity contribution is 0.0525. The fourth-order valence-corrected chi connectivity index (χ4v) is 1.73. The number of pyridine rings is 2. The Hall–Kier alpha value is -1.68. The second-order valence-corrected chi connectivity index (χ2v) is 3.91. The number of rotatable bonds is 2. The van der Waals surface area contributed by atoms with Gasteiger partial charge >= 0.3 is 5.97 Å². The highest BCUT2D eigenvalue weighted by Crippen LogP contribution is 2.20. The Morgan fingerprint density at radius 1 is 1.47 bits per heavy atom. The van der Waals surface area contributed by atoms with Crippen molar-refractivity contribution in [3.63, 3.8) is 0 Å². The monoisotopic (exact) mass is 250 g/mol. The van der Waals surface area contributed by atoms with E-state index in [0.717, 1.165) is 5.56 Å². The fourth-order valence-electron chi connectivity index (χ4n) is 1.58. The minimum Gasteiger partial charge on any atom is -0.462 e. The highest BCUT2D eigenvalue weighted by Gasteiger charge is 2.14. The van der Waals surface area contributed by atoms with E-state index in [9.17, 15) is 4.79 Å². The summed E-state index contributed by atoms with van der Waals surface area (Å²) in [5.41, 5.74) is 2.49. The van der Waals surface area contributed by atoms with Gasteiger partial charge in [-0.3, -0.25) is 4.98 Å². The molecule has 4 nitrogen and oxygen atoms in total. The number of fused-ring (bicyclic) bond motifs is 1. The first kappa shape index (κ1) is 11.8. The van der Waals surface area contributed by atoms with Gasteiger partial charge in [0.1, 0.15) is 5.15 Å². The molecule has 88 valence electrons. The van der Waals surface area contributed by atoms with Crippen molar-refractivity contribution in [2.75, 3.05) is 6.61 Å². The molecule has 0 saturated heterocycles. The van der Waals surface area contributed by atoms with Gasteiger partial charge in [-0.25, -0.2) is 9.78 Å². The first-order valence-electron chi connectivity index (χ1n) is 5.22. The molecule has 2 aromatic rings. The highest BCUT2D eigenvalue weighted by molar-refractivity contribution is 6.29. The van der Waals surface area contributed by atoms with Crippen molar-refractivity contribution in [1.82, 2.24) is 9.97 Å². The molecule has 0 atom stereocenters. The van der Waals surface area contributed by atoms with E-state index < -0.39 is 0 Å². The van der Waals surface area contributed by atoms with Crippen molar-refractivity contribution in [2.45, 2.75) is 13.8 Å². The Morgan fingerprint density at radius 2 is 2.24 bits per heavy atom. The number of nitrogens with zero attached hydrogens (tertiary/aromatic N) is 2. The van der Waals surface area contributed by atoms with Crippen LogP contribution in [0.15, 0.2) is 18.3 Å². The zero-order chi connectivity index (χ0) is 12.4. The molecular weight excluding hydrogens is 240 g/mol. The van der Waals surface area contributed by atoms with Crippen molar-refractivity contribution >= 4 is 28.6 Å². The molecule has 0 fully saturated rings. The Labute approximate surface area is 104 Å². The van der Waals surface area contributed by atoms with Crippen molar-refractivity contribution in [3.8, 4) is 0 Å². The summed E-state index contributed by atoms with van der Waals surface area (Å²) in [4.78, 5) is 20.0. The molecule has 0 N–H and O–H groups in total. The van der Waals surface area contributed by atoms with E-state index in [0.29, 0.717) is 28.4 Å². The maximum atomic E-state index is 11.7. The molecule has 17 heavy (non-hydrogen) atoms. The molecule has 0 saturated carbocycles. The van der Waals surface area contributed by atoms with Crippen LogP contribution in [0.3, 0.4) is 0 Å². The van der Waals surface area contributed by atoms with Crippen LogP contribution in [0.1, 0.15) is 22.8 Å². The van der Waals surface area contributed by atoms with Crippen molar-refractivity contribution in [3.05, 3.63) is 34.6 Å². The number of esters is 1. The van der Waals surface area contributed by atoms with Gasteiger partial charge in [0, 0.05) is 6.20 Å². The molecule has 0 aliphatic carbocycles. The van der Waals surface area contributed by atoms with Gasteiger partial charge in [-0.15, -0.1) is 0 Å². The van der Waals surface area contributed by atoms with Gasteiger partial charge in [0.15, 0.2) is 0 Å². The van der Waals surface area contributed by atoms with Gasteiger partial charge in [-0.2, -0.15) is 0 Å². The quantitative estimate of drug-likeness (QED) is 0.608. The predicted octanol–water partition coefficient (Wildman–Crippen LogP) is 2.77. The van der Waals surface area contributed by atoms with Gasteiger partial charge < -0.3 is 4.74 Å². The smallest absolute Gasteiger partial charge is 0.340 e. The normalized spacial score (nSPS) is 10.5. The molecule has 5 heteroatoms. The molecule has 0 aliphatic heterocycles. The summed E-state index contributed by atoms with van der Waals surface area (Å²) >= 11 is 5.83. The van der Waals surface area contributed by atoms with Crippen LogP contribution in [0.2, 0.25) is 5.15 Å². The molecule has 0 radical (unpaired) electrons. The van der Waals surface area contributed by atoms with Gasteiger partial charge in [0.2, 0.25) is 0 Å². The first-order valence-corrected chi connectivity index (χ1v) is 5.60. The summed E-state index contributed by atoms with van der Waals surface area (Å²) in [5, 5.41) is 0.378. The van der Waals surface area contributed by atoms with E-state index in [-0.39, 0.29) is 5.97 Å². The average Bonchev–Trinajstić information content (AvgIpc) is 2.30. The summed E-state index contributed by atoms with van der Waals surface area (Å²) in [5.74, 6) is -0.388. The number of carbonyl (C=O) groups excluding carboxylic acids is 1. The number of aromatic nitrogens is 2. The molecule has 2 heterocycles. The summed E-state index contributed by atoms with van der Waals surface area (Å²) in [7, 11) is 0. The van der Waals surface area contributed by atoms with Crippen molar-refractivity contribution < 1.29 is 9.53 Å². The molecule has 2 rings (SSSR count). The molecule has 2 aromatic heterocycles. The standard InChI is InChI=1S/C12H11ClN2O2/c1-3-17-12(16)8-6-14-9-4-5-10(13)15-11(9)7(8)2/h4-6H,3H2,1-2H3. The van der Waals surface area contributed by atoms with Gasteiger partial charge in [0.05, 0.1) is 23.2 Å². The lowest BCUT2D eigenvalue weighted by Crippen LogP contribution is -2.08. The van der Waals surface area contributed by atoms with E-state index in [2.05, 4.69) is 9.97 Å². The SMILES string of the molecule is CCOC(=O)c1cnc2ccc(Cl)nc2c1C. The van der Waals surface area contributed by atoms with E-state index >= 15 is 0 Å². The lowest BCUT2D eigenvalue weighted by Gasteiger charge is -2.07. The Kier molecular flexibility index (Phi) is 3.24. The zero-order valence-corrected chi connectivity index (χ0v) is 10.3. The van der Waals surface area contributed by atoms with E-state index in [4.69, 9.17) is 16.3 Å². The van der Waals surface area contributed by atoms with Gasteiger partial charge in [0.25, 0.3) is 0 Å². The minimum absolute atomic E-state index is 0.333. The summed E-state index contributed by atoms with van der Waals surface area (Å²) in [6, 6.07) is 3.44. The maximum absolute atomic E-state index is 11.7. The number of ether oxygens (including phenoxy) is 1. The van der Waals surface area contributed by atoms with Crippen LogP contribution in [0.5, 0.6) is 0 Å². The van der Waals surface area contributed by atoms with E-state index in [1.165, 1.54) is 6.20 Å². The van der Waals surface area contributed by atoms with Crippen LogP contribution in [-0.2, 0) is 4.74 Å². The van der Waals surface area contributed by atoms with Crippen LogP contribution >= 0.6 is 11.6 Å². The third kappa shape index (κ3) is 2.22. The van der Waals surface area contributed by atoms with Crippen molar-refractivity contribution in [1.29, 1.82) is 0 Å². The Balaban J connectivity index is 2.60. The number of hydrogen-bond acceptors (Lipinski definition) is 4. The molecule has 0 bridgehead atoms. The summed E-state index contributed by atoms with van der Waals surface area (Å²) in [6.07, 6.45) is 1.51. The second kappa shape index (κ2) is 4.67. The van der Waals surface area contributed by atoms with E-state index in [1.807, 2.05) is 0 Å². The molecule has 0 spiro atoms. The van der Waals surface area contributed by atoms with E-state index in [1.54, 1.807) is 26.0 Å². The van der Waals surface area contributed by atoms with Crippen LogP contribution in [0, 0.1) is 6.92 Å². The molecule has 0 aromatic carbocycles. The Morgan fingerprint density at radius 3 is 2.94 bits per heavy atom. The number of carbonyl (C=O) groups is 1. The summed E-state index contributed by atoms with van der Waals surface area (Å²) < 4.78 is 4.95. The van der Waals surface area contributed by atoms with Crippen LogP contribution in [0.4, 0.5) is 0 Å². The Bertz CT molecular complexity index is 584. The van der Waals surface area contributed by atoms with Gasteiger partial charge in [-0.05, 0) is 31.5 Å². The average molecular weight is 251 g/mol. The first-order chi connectivity index (χ1) is 8.13. The third-order valence-corrected chi connectivity index (χ3v) is 2.64. The topological polar surface area (TPSA) is 52.1 Å². The number of halogens is 1. The fraction of sp³-hybridized carbons (Fsp3) is 0.250. The largest absolute Gasteiger partial charge is 0.462 e. The number of hydrogen-bond donors (Lipinski definition) is 0. The van der Waals surface area contributed by atoms with Crippen LogP contribution in [-0.4, -0.2) is 22.5 Å². The van der Waals surface area contributed by atoms with Crippen LogP contribution < -0.4 is 0 Å². The highest BCUT2D eigenvalue weighted by atomic mass is 35.5. The molecule has 0 aliphatic rings. The maximum Gasteiger partial charge on any atom is 0.340 e. The van der Waals surface area contributed by atoms with Crippen molar-refractivity contribution in [2.24, 2.45) is 0 Å².